The van der Waals surface area contributed by atoms with Crippen LogP contribution in [0.4, 0.5) is 0 Å². The summed E-state index contributed by atoms with van der Waals surface area (Å²) in [5.74, 6) is 1.56. The van der Waals surface area contributed by atoms with Gasteiger partial charge in [0.25, 0.3) is 0 Å². The minimum Gasteiger partial charge on any atom is -0.481 e. The summed E-state index contributed by atoms with van der Waals surface area (Å²) in [5, 5.41) is 8.35. The van der Waals surface area contributed by atoms with Crippen LogP contribution in [0.1, 0.15) is 41.1 Å². The number of rotatable bonds is 7. The van der Waals surface area contributed by atoms with Crippen LogP contribution >= 0.6 is 22.7 Å². The summed E-state index contributed by atoms with van der Waals surface area (Å²) in [6.07, 6.45) is 0.868. The third kappa shape index (κ3) is 5.28. The van der Waals surface area contributed by atoms with Crippen LogP contribution in [0.3, 0.4) is 0 Å². The third-order valence-electron chi connectivity index (χ3n) is 5.68. The molecular weight excluding hydrogens is 472 g/mol. The molecule has 0 amide bonds. The number of thiophene rings is 2. The smallest absolute Gasteiger partial charge is 0.319 e. The van der Waals surface area contributed by atoms with Crippen molar-refractivity contribution in [2.24, 2.45) is 0 Å². The average molecular weight is 499 g/mol. The number of hydrogen-bond donors (Lipinski definition) is 0. The lowest BCUT2D eigenvalue weighted by atomic mass is 9.60. The molecule has 4 aromatic heterocycles. The van der Waals surface area contributed by atoms with Crippen LogP contribution in [0.5, 0.6) is 23.8 Å². The molecule has 4 aromatic rings. The summed E-state index contributed by atoms with van der Waals surface area (Å²) in [4.78, 5) is 17.6. The van der Waals surface area contributed by atoms with Gasteiger partial charge in [-0.2, -0.15) is 42.6 Å². The molecule has 178 valence electrons. The largest absolute Gasteiger partial charge is 0.481 e. The zero-order valence-corrected chi connectivity index (χ0v) is 21.0. The van der Waals surface area contributed by atoms with E-state index in [1.807, 2.05) is 35.0 Å². The molecule has 0 N–H and O–H groups in total. The van der Waals surface area contributed by atoms with Crippen molar-refractivity contribution in [2.45, 2.75) is 24.2 Å². The lowest BCUT2D eigenvalue weighted by molar-refractivity contribution is 0.264. The van der Waals surface area contributed by atoms with Crippen LogP contribution in [0, 0.1) is 0 Å². The lowest BCUT2D eigenvalue weighted by Gasteiger charge is -2.44. The van der Waals surface area contributed by atoms with Crippen LogP contribution in [-0.2, 0) is 0 Å². The first kappa shape index (κ1) is 23.9. The molecule has 1 aliphatic carbocycles. The highest BCUT2D eigenvalue weighted by Crippen LogP contribution is 2.58. The Morgan fingerprint density at radius 1 is 0.706 bits per heavy atom. The van der Waals surface area contributed by atoms with E-state index in [1.165, 1.54) is 5.56 Å². The highest BCUT2D eigenvalue weighted by molar-refractivity contribution is 7.08. The maximum absolute atomic E-state index is 5.33. The van der Waals surface area contributed by atoms with Gasteiger partial charge in [-0.15, -0.1) is 0 Å². The van der Waals surface area contributed by atoms with Crippen LogP contribution in [0.2, 0.25) is 0 Å². The van der Waals surface area contributed by atoms with Crippen LogP contribution < -0.4 is 18.9 Å². The van der Waals surface area contributed by atoms with Gasteiger partial charge in [0.2, 0.25) is 11.8 Å². The molecule has 0 radical (unpaired) electrons. The molecule has 5 rings (SSSR count). The Hall–Kier alpha value is -3.24. The van der Waals surface area contributed by atoms with Crippen molar-refractivity contribution < 1.29 is 18.9 Å². The van der Waals surface area contributed by atoms with E-state index in [0.29, 0.717) is 23.8 Å². The molecule has 1 aliphatic rings. The second-order valence-electron chi connectivity index (χ2n) is 7.47. The van der Waals surface area contributed by atoms with Crippen LogP contribution in [0.15, 0.2) is 51.9 Å². The van der Waals surface area contributed by atoms with E-state index in [9.17, 15) is 0 Å². The topological polar surface area (TPSA) is 88.5 Å². The monoisotopic (exact) mass is 498 g/mol. The predicted molar refractivity (Wildman–Crippen MR) is 132 cm³/mol. The second-order valence-corrected chi connectivity index (χ2v) is 9.06. The molecule has 0 saturated heterocycles. The molecule has 0 spiro atoms. The maximum Gasteiger partial charge on any atom is 0.319 e. The van der Waals surface area contributed by atoms with Crippen molar-refractivity contribution in [2.75, 3.05) is 28.4 Å². The van der Waals surface area contributed by atoms with Gasteiger partial charge in [0.1, 0.15) is 0 Å². The summed E-state index contributed by atoms with van der Waals surface area (Å²) in [6.45, 7) is 0. The number of nitrogens with zero attached hydrogens (tertiary/aromatic N) is 4. The molecule has 1 saturated carbocycles. The molecule has 2 atom stereocenters. The SMILES string of the molecule is COc1cc(C2CC(c3cc(OC)nc(OC)n3)C2c2ccsc2)nc(OC)n1.c1ccsc1. The molecule has 0 aliphatic heterocycles. The molecule has 8 nitrogen and oxygen atoms in total. The molecular formula is C24H26N4O4S2. The molecule has 1 fully saturated rings. The molecule has 10 heteroatoms. The predicted octanol–water partition coefficient (Wildman–Crippen LogP) is 5.17. The first-order valence-corrected chi connectivity index (χ1v) is 12.5. The Morgan fingerprint density at radius 2 is 1.26 bits per heavy atom. The van der Waals surface area contributed by atoms with Gasteiger partial charge in [-0.3, -0.25) is 0 Å². The van der Waals surface area contributed by atoms with Crippen molar-refractivity contribution in [3.63, 3.8) is 0 Å². The summed E-state index contributed by atoms with van der Waals surface area (Å²) in [6, 6.07) is 10.6. The van der Waals surface area contributed by atoms with E-state index in [0.717, 1.165) is 17.8 Å². The van der Waals surface area contributed by atoms with Gasteiger partial charge >= 0.3 is 12.0 Å². The normalized spacial score (nSPS) is 18.8. The van der Waals surface area contributed by atoms with Crippen molar-refractivity contribution in [1.29, 1.82) is 0 Å². The Labute approximate surface area is 206 Å². The summed E-state index contributed by atoms with van der Waals surface area (Å²) in [5.41, 5.74) is 3.05. The number of ether oxygens (including phenoxy) is 4. The van der Waals surface area contributed by atoms with E-state index in [-0.39, 0.29) is 17.8 Å². The van der Waals surface area contributed by atoms with Gasteiger partial charge in [0.05, 0.1) is 39.8 Å². The fourth-order valence-corrected chi connectivity index (χ4v) is 5.19. The molecule has 0 aromatic carbocycles. The Bertz CT molecular complexity index is 1050. The van der Waals surface area contributed by atoms with Crippen LogP contribution in [0.25, 0.3) is 0 Å². The van der Waals surface area contributed by atoms with Crippen LogP contribution in [-0.4, -0.2) is 48.4 Å². The van der Waals surface area contributed by atoms with Gasteiger partial charge in [0.15, 0.2) is 0 Å². The van der Waals surface area contributed by atoms with E-state index >= 15 is 0 Å². The molecule has 2 unspecified atom stereocenters. The quantitative estimate of drug-likeness (QED) is 0.345. The van der Waals surface area contributed by atoms with E-state index in [2.05, 4.69) is 36.8 Å². The zero-order chi connectivity index (χ0) is 23.9. The third-order valence-corrected chi connectivity index (χ3v) is 7.01. The van der Waals surface area contributed by atoms with Gasteiger partial charge in [-0.05, 0) is 39.6 Å². The number of methoxy groups -OCH3 is 4. The molecule has 4 heterocycles. The van der Waals surface area contributed by atoms with Gasteiger partial charge < -0.3 is 18.9 Å². The maximum atomic E-state index is 5.33. The standard InChI is InChI=1S/C20H22N4O4S.C4H4S/c1-25-16-8-14(21-19(23-16)27-3)12-7-13(18(12)11-5-6-29-10-11)15-9-17(26-2)24-20(22-15)28-4;1-2-4-5-3-1/h5-6,8-10,12-13,18H,7H2,1-4H3;1-4H. The first-order valence-electron chi connectivity index (χ1n) is 10.6. The van der Waals surface area contributed by atoms with E-state index in [1.54, 1.807) is 51.1 Å². The van der Waals surface area contributed by atoms with Gasteiger partial charge in [0, 0.05) is 29.9 Å². The minimum atomic E-state index is 0.187. The fourth-order valence-electron chi connectivity index (χ4n) is 4.03. The molecule has 0 bridgehead atoms. The number of aromatic nitrogens is 4. The van der Waals surface area contributed by atoms with Crippen molar-refractivity contribution in [1.82, 2.24) is 19.9 Å². The van der Waals surface area contributed by atoms with E-state index in [4.69, 9.17) is 18.9 Å². The Kier molecular flexibility index (Phi) is 7.91. The summed E-state index contributed by atoms with van der Waals surface area (Å²) < 4.78 is 21.2. The average Bonchev–Trinajstić information content (AvgIpc) is 3.60. The number of hydrogen-bond acceptors (Lipinski definition) is 10. The first-order chi connectivity index (χ1) is 16.7. The fraction of sp³-hybridized carbons (Fsp3) is 0.333. The zero-order valence-electron chi connectivity index (χ0n) is 19.4. The van der Waals surface area contributed by atoms with Crippen molar-refractivity contribution in [3.05, 3.63) is 68.8 Å². The lowest BCUT2D eigenvalue weighted by Crippen LogP contribution is -2.32. The van der Waals surface area contributed by atoms with Crippen molar-refractivity contribution in [3.8, 4) is 23.8 Å². The Balaban J connectivity index is 0.000000486. The van der Waals surface area contributed by atoms with E-state index < -0.39 is 0 Å². The molecule has 34 heavy (non-hydrogen) atoms. The minimum absolute atomic E-state index is 0.187. The van der Waals surface area contributed by atoms with Gasteiger partial charge in [-0.25, -0.2) is 0 Å². The Morgan fingerprint density at radius 3 is 1.65 bits per heavy atom. The summed E-state index contributed by atoms with van der Waals surface area (Å²) >= 11 is 3.39. The second kappa shape index (κ2) is 11.3. The summed E-state index contributed by atoms with van der Waals surface area (Å²) in [7, 11) is 6.28. The highest BCUT2D eigenvalue weighted by Gasteiger charge is 2.46. The highest BCUT2D eigenvalue weighted by atomic mass is 32.1. The van der Waals surface area contributed by atoms with Crippen molar-refractivity contribution >= 4 is 22.7 Å². The van der Waals surface area contributed by atoms with Gasteiger partial charge in [-0.1, -0.05) is 12.1 Å².